The maximum Gasteiger partial charge on any atom is 0.390 e. The fraction of sp³-hybridized carbons (Fsp3) is 0.588. The van der Waals surface area contributed by atoms with Gasteiger partial charge in [-0.1, -0.05) is 18.2 Å². The van der Waals surface area contributed by atoms with Gasteiger partial charge in [-0.05, 0) is 31.4 Å². The van der Waals surface area contributed by atoms with Crippen LogP contribution in [0.2, 0.25) is 0 Å². The summed E-state index contributed by atoms with van der Waals surface area (Å²) in [5.74, 6) is 0.878. The largest absolute Gasteiger partial charge is 0.390 e. The molecular weight excluding hydrogens is 317 g/mol. The molecule has 1 atom stereocenters. The van der Waals surface area contributed by atoms with Gasteiger partial charge >= 0.3 is 6.18 Å². The molecule has 1 unspecified atom stereocenters. The van der Waals surface area contributed by atoms with E-state index in [2.05, 4.69) is 32.7 Å². The molecule has 0 aliphatic carbocycles. The van der Waals surface area contributed by atoms with E-state index in [4.69, 9.17) is 0 Å². The van der Waals surface area contributed by atoms with Crippen LogP contribution in [0.15, 0.2) is 35.3 Å². The first-order valence-electron chi connectivity index (χ1n) is 8.37. The van der Waals surface area contributed by atoms with Crippen LogP contribution in [-0.4, -0.2) is 44.9 Å². The van der Waals surface area contributed by atoms with Crippen LogP contribution in [0.3, 0.4) is 0 Å². The summed E-state index contributed by atoms with van der Waals surface area (Å²) >= 11 is 0. The number of guanidine groups is 1. The Balaban J connectivity index is 1.81. The van der Waals surface area contributed by atoms with E-state index in [9.17, 15) is 13.2 Å². The van der Waals surface area contributed by atoms with E-state index in [1.54, 1.807) is 0 Å². The molecule has 4 nitrogen and oxygen atoms in total. The summed E-state index contributed by atoms with van der Waals surface area (Å²) in [6.07, 6.45) is -3.96. The highest BCUT2D eigenvalue weighted by atomic mass is 19.4. The lowest BCUT2D eigenvalue weighted by atomic mass is 10.1. The van der Waals surface area contributed by atoms with Gasteiger partial charge in [0.25, 0.3) is 0 Å². The van der Waals surface area contributed by atoms with E-state index in [-0.39, 0.29) is 6.54 Å². The summed E-state index contributed by atoms with van der Waals surface area (Å²) in [7, 11) is 0. The molecule has 134 valence electrons. The van der Waals surface area contributed by atoms with E-state index in [0.29, 0.717) is 25.0 Å². The highest BCUT2D eigenvalue weighted by Crippen LogP contribution is 2.23. The highest BCUT2D eigenvalue weighted by Gasteiger charge is 2.26. The van der Waals surface area contributed by atoms with Gasteiger partial charge in [0.2, 0.25) is 0 Å². The first kappa shape index (κ1) is 18.4. The zero-order chi connectivity index (χ0) is 17.4. The number of alkyl halides is 3. The predicted octanol–water partition coefficient (Wildman–Crippen LogP) is 3.02. The van der Waals surface area contributed by atoms with Gasteiger partial charge in [0.15, 0.2) is 5.96 Å². The molecule has 2 N–H and O–H groups in total. The number of hydrogen-bond acceptors (Lipinski definition) is 2. The predicted molar refractivity (Wildman–Crippen MR) is 91.4 cm³/mol. The summed E-state index contributed by atoms with van der Waals surface area (Å²) in [6.45, 7) is 4.89. The van der Waals surface area contributed by atoms with Crippen LogP contribution in [0, 0.1) is 5.92 Å². The van der Waals surface area contributed by atoms with Crippen molar-refractivity contribution in [3.63, 3.8) is 0 Å². The lowest BCUT2D eigenvalue weighted by Crippen LogP contribution is -2.39. The molecular formula is C17H25F3N4. The number of halogens is 3. The first-order chi connectivity index (χ1) is 11.5. The van der Waals surface area contributed by atoms with E-state index in [1.807, 2.05) is 25.1 Å². The molecule has 2 rings (SSSR count). The fourth-order valence-corrected chi connectivity index (χ4v) is 2.74. The zero-order valence-electron chi connectivity index (χ0n) is 13.9. The lowest BCUT2D eigenvalue weighted by molar-refractivity contribution is -0.132. The Hall–Kier alpha value is -1.92. The molecule has 1 aromatic rings. The van der Waals surface area contributed by atoms with Crippen molar-refractivity contribution in [2.45, 2.75) is 25.9 Å². The van der Waals surface area contributed by atoms with Crippen molar-refractivity contribution in [2.24, 2.45) is 10.9 Å². The summed E-state index contributed by atoms with van der Waals surface area (Å²) in [6, 6.07) is 10.2. The second kappa shape index (κ2) is 8.80. The smallest absolute Gasteiger partial charge is 0.371 e. The second-order valence-electron chi connectivity index (χ2n) is 5.95. The number of anilines is 1. The molecule has 1 heterocycles. The molecule has 0 aromatic heterocycles. The number of nitrogens with one attached hydrogen (secondary N) is 2. The molecule has 1 aromatic carbocycles. The maximum absolute atomic E-state index is 12.2. The van der Waals surface area contributed by atoms with Gasteiger partial charge in [-0.15, -0.1) is 0 Å². The molecule has 0 spiro atoms. The van der Waals surface area contributed by atoms with Crippen LogP contribution in [0.1, 0.15) is 19.8 Å². The molecule has 24 heavy (non-hydrogen) atoms. The summed E-state index contributed by atoms with van der Waals surface area (Å²) in [4.78, 5) is 6.77. The monoisotopic (exact) mass is 342 g/mol. The molecule has 1 aliphatic rings. The van der Waals surface area contributed by atoms with Gasteiger partial charge in [0.05, 0.1) is 6.42 Å². The maximum atomic E-state index is 12.2. The Bertz CT molecular complexity index is 516. The third-order valence-corrected chi connectivity index (χ3v) is 3.96. The zero-order valence-corrected chi connectivity index (χ0v) is 13.9. The second-order valence-corrected chi connectivity index (χ2v) is 5.95. The van der Waals surface area contributed by atoms with Crippen molar-refractivity contribution in [3.8, 4) is 0 Å². The van der Waals surface area contributed by atoms with Crippen molar-refractivity contribution in [1.29, 1.82) is 0 Å². The number of aliphatic imine (C=N–C) groups is 1. The Morgan fingerprint density at radius 2 is 2.00 bits per heavy atom. The van der Waals surface area contributed by atoms with Gasteiger partial charge in [-0.25, -0.2) is 0 Å². The van der Waals surface area contributed by atoms with Crippen molar-refractivity contribution in [1.82, 2.24) is 10.6 Å². The number of rotatable bonds is 6. The minimum absolute atomic E-state index is 0.157. The van der Waals surface area contributed by atoms with Crippen molar-refractivity contribution < 1.29 is 13.2 Å². The Labute approximate surface area is 141 Å². The van der Waals surface area contributed by atoms with Gasteiger partial charge in [-0.2, -0.15) is 13.2 Å². The van der Waals surface area contributed by atoms with Crippen molar-refractivity contribution in [3.05, 3.63) is 30.3 Å². The van der Waals surface area contributed by atoms with Gasteiger partial charge in [-0.3, -0.25) is 4.99 Å². The Morgan fingerprint density at radius 3 is 2.67 bits per heavy atom. The SMILES string of the molecule is CCNC(=NCC1CCN(c2ccccc2)C1)NCCC(F)(F)F. The van der Waals surface area contributed by atoms with Crippen LogP contribution in [0.25, 0.3) is 0 Å². The lowest BCUT2D eigenvalue weighted by Gasteiger charge is -2.18. The number of benzene rings is 1. The van der Waals surface area contributed by atoms with Crippen molar-refractivity contribution in [2.75, 3.05) is 37.6 Å². The molecule has 7 heteroatoms. The van der Waals surface area contributed by atoms with Crippen LogP contribution in [0.4, 0.5) is 18.9 Å². The first-order valence-corrected chi connectivity index (χ1v) is 8.37. The highest BCUT2D eigenvalue weighted by molar-refractivity contribution is 5.79. The topological polar surface area (TPSA) is 39.7 Å². The van der Waals surface area contributed by atoms with Crippen LogP contribution in [-0.2, 0) is 0 Å². The van der Waals surface area contributed by atoms with E-state index < -0.39 is 12.6 Å². The van der Waals surface area contributed by atoms with Gasteiger partial charge in [0.1, 0.15) is 0 Å². The van der Waals surface area contributed by atoms with E-state index in [0.717, 1.165) is 19.5 Å². The minimum atomic E-state index is -4.15. The Kier molecular flexibility index (Phi) is 6.75. The molecule has 1 aliphatic heterocycles. The van der Waals surface area contributed by atoms with E-state index >= 15 is 0 Å². The van der Waals surface area contributed by atoms with E-state index in [1.165, 1.54) is 5.69 Å². The van der Waals surface area contributed by atoms with Gasteiger partial charge in [0, 0.05) is 38.4 Å². The average Bonchev–Trinajstić information content (AvgIpc) is 3.01. The third-order valence-electron chi connectivity index (χ3n) is 3.96. The molecule has 0 saturated carbocycles. The normalized spacial score (nSPS) is 18.8. The van der Waals surface area contributed by atoms with Crippen molar-refractivity contribution >= 4 is 11.6 Å². The Morgan fingerprint density at radius 1 is 1.25 bits per heavy atom. The molecule has 0 bridgehead atoms. The summed E-state index contributed by atoms with van der Waals surface area (Å²) in [5, 5.41) is 5.74. The minimum Gasteiger partial charge on any atom is -0.371 e. The average molecular weight is 342 g/mol. The van der Waals surface area contributed by atoms with Crippen LogP contribution >= 0.6 is 0 Å². The summed E-state index contributed by atoms with van der Waals surface area (Å²) < 4.78 is 36.7. The molecule has 1 saturated heterocycles. The quantitative estimate of drug-likeness (QED) is 0.617. The van der Waals surface area contributed by atoms with Crippen LogP contribution in [0.5, 0.6) is 0 Å². The fourth-order valence-electron chi connectivity index (χ4n) is 2.74. The molecule has 0 amide bonds. The summed E-state index contributed by atoms with van der Waals surface area (Å²) in [5.41, 5.74) is 1.21. The van der Waals surface area contributed by atoms with Crippen LogP contribution < -0.4 is 15.5 Å². The third kappa shape index (κ3) is 6.29. The molecule has 0 radical (unpaired) electrons. The number of hydrogen-bond donors (Lipinski definition) is 2. The standard InChI is InChI=1S/C17H25F3N4/c1-2-21-16(22-10-9-17(18,19)20)23-12-14-8-11-24(13-14)15-6-4-3-5-7-15/h3-7,14H,2,8-13H2,1H3,(H2,21,22,23). The number of para-hydroxylation sites is 1. The molecule has 1 fully saturated rings. The number of nitrogens with zero attached hydrogens (tertiary/aromatic N) is 2. The van der Waals surface area contributed by atoms with Gasteiger partial charge < -0.3 is 15.5 Å².